The van der Waals surface area contributed by atoms with Crippen LogP contribution in [0.3, 0.4) is 0 Å². The molecule has 8 heteroatoms. The average Bonchev–Trinajstić information content (AvgIpc) is 3.01. The monoisotopic (exact) mass is 373 g/mol. The van der Waals surface area contributed by atoms with Crippen molar-refractivity contribution in [2.24, 2.45) is 0 Å². The number of ketones is 1. The number of nitrogen functional groups attached to an aromatic ring is 1. The van der Waals surface area contributed by atoms with E-state index in [1.807, 2.05) is 0 Å². The van der Waals surface area contributed by atoms with E-state index in [1.54, 1.807) is 32.4 Å². The molecular weight excluding hydrogens is 357 g/mol. The minimum Gasteiger partial charge on any atom is -0.493 e. The van der Waals surface area contributed by atoms with Crippen LogP contribution in [-0.4, -0.2) is 25.0 Å². The number of carbonyl (C=O) groups is 1. The van der Waals surface area contributed by atoms with Crippen molar-refractivity contribution in [3.63, 3.8) is 0 Å². The van der Waals surface area contributed by atoms with Gasteiger partial charge in [-0.1, -0.05) is 23.5 Å². The van der Waals surface area contributed by atoms with Gasteiger partial charge in [0.05, 0.1) is 14.2 Å². The minimum atomic E-state index is -0.484. The first-order chi connectivity index (χ1) is 12.5. The lowest BCUT2D eigenvalue weighted by Crippen LogP contribution is -2.02. The molecule has 1 aromatic heterocycles. The topological polar surface area (TPSA) is 86.5 Å². The Morgan fingerprint density at radius 1 is 1.15 bits per heavy atom. The first-order valence-electron chi connectivity index (χ1n) is 7.57. The molecule has 0 amide bonds. The lowest BCUT2D eigenvalue weighted by Gasteiger charge is -2.09. The summed E-state index contributed by atoms with van der Waals surface area (Å²) in [6.07, 6.45) is 0. The Morgan fingerprint density at radius 2 is 1.92 bits per heavy atom. The summed E-state index contributed by atoms with van der Waals surface area (Å²) in [5.74, 6) is 0.381. The van der Waals surface area contributed by atoms with Crippen molar-refractivity contribution in [3.8, 4) is 11.5 Å². The zero-order chi connectivity index (χ0) is 18.7. The highest BCUT2D eigenvalue weighted by Gasteiger charge is 2.18. The van der Waals surface area contributed by atoms with Gasteiger partial charge < -0.3 is 20.5 Å². The Kier molecular flexibility index (Phi) is 5.04. The van der Waals surface area contributed by atoms with E-state index in [1.165, 1.54) is 24.3 Å². The predicted octanol–water partition coefficient (Wildman–Crippen LogP) is 3.86. The summed E-state index contributed by atoms with van der Waals surface area (Å²) >= 11 is 1.10. The molecule has 0 spiro atoms. The van der Waals surface area contributed by atoms with E-state index in [0.717, 1.165) is 11.3 Å². The number of hydrogen-bond donors (Lipinski definition) is 2. The van der Waals surface area contributed by atoms with Crippen LogP contribution in [0, 0.1) is 5.82 Å². The van der Waals surface area contributed by atoms with E-state index in [9.17, 15) is 9.18 Å². The van der Waals surface area contributed by atoms with Crippen LogP contribution in [-0.2, 0) is 0 Å². The number of hydrogen-bond acceptors (Lipinski definition) is 7. The summed E-state index contributed by atoms with van der Waals surface area (Å²) in [4.78, 5) is 16.9. The van der Waals surface area contributed by atoms with Crippen molar-refractivity contribution in [3.05, 3.63) is 58.7 Å². The lowest BCUT2D eigenvalue weighted by atomic mass is 10.1. The smallest absolute Gasteiger partial charge is 0.206 e. The van der Waals surface area contributed by atoms with Gasteiger partial charge in [-0.2, -0.15) is 0 Å². The Hall–Kier alpha value is -3.13. The van der Waals surface area contributed by atoms with E-state index in [-0.39, 0.29) is 22.0 Å². The lowest BCUT2D eigenvalue weighted by molar-refractivity contribution is 0.104. The van der Waals surface area contributed by atoms with Crippen LogP contribution < -0.4 is 20.5 Å². The molecule has 0 unspecified atom stereocenters. The number of nitrogens with zero attached hydrogens (tertiary/aromatic N) is 1. The molecule has 3 N–H and O–H groups in total. The Morgan fingerprint density at radius 3 is 2.62 bits per heavy atom. The van der Waals surface area contributed by atoms with E-state index in [4.69, 9.17) is 15.2 Å². The summed E-state index contributed by atoms with van der Waals surface area (Å²) in [5, 5.41) is 3.51. The highest BCUT2D eigenvalue weighted by Crippen LogP contribution is 2.34. The number of methoxy groups -OCH3 is 2. The number of benzene rings is 2. The molecule has 134 valence electrons. The van der Waals surface area contributed by atoms with E-state index < -0.39 is 5.82 Å². The van der Waals surface area contributed by atoms with Gasteiger partial charge in [0, 0.05) is 17.3 Å². The summed E-state index contributed by atoms with van der Waals surface area (Å²) in [5.41, 5.74) is 6.79. The van der Waals surface area contributed by atoms with Crippen LogP contribution in [0.5, 0.6) is 11.5 Å². The fourth-order valence-electron chi connectivity index (χ4n) is 2.35. The number of halogens is 1. The largest absolute Gasteiger partial charge is 0.493 e. The third-order valence-electron chi connectivity index (χ3n) is 3.58. The standard InChI is InChI=1S/C18H16FN3O3S/c1-24-13-7-6-12(9-14(13)25-2)21-18-22-17(20)16(26-18)15(23)10-4-3-5-11(19)8-10/h3-9H,20H2,1-2H3,(H,21,22). The van der Waals surface area contributed by atoms with E-state index in [2.05, 4.69) is 10.3 Å². The predicted molar refractivity (Wildman–Crippen MR) is 99.2 cm³/mol. The number of aromatic nitrogens is 1. The molecule has 0 saturated carbocycles. The van der Waals surface area contributed by atoms with Crippen molar-refractivity contribution in [2.75, 3.05) is 25.3 Å². The second-order valence-corrected chi connectivity index (χ2v) is 6.27. The van der Waals surface area contributed by atoms with E-state index >= 15 is 0 Å². The molecule has 0 aliphatic heterocycles. The van der Waals surface area contributed by atoms with Gasteiger partial charge in [0.25, 0.3) is 0 Å². The quantitative estimate of drug-likeness (QED) is 0.638. The Labute approximate surface area is 153 Å². The first kappa shape index (κ1) is 17.7. The van der Waals surface area contributed by atoms with Gasteiger partial charge >= 0.3 is 0 Å². The molecule has 0 fully saturated rings. The van der Waals surface area contributed by atoms with Crippen LogP contribution in [0.4, 0.5) is 21.0 Å². The van der Waals surface area contributed by atoms with Gasteiger partial charge in [0.1, 0.15) is 16.5 Å². The SMILES string of the molecule is COc1ccc(Nc2nc(N)c(C(=O)c3cccc(F)c3)s2)cc1OC. The molecule has 0 atom stereocenters. The number of thiazole rings is 1. The number of carbonyl (C=O) groups excluding carboxylic acids is 1. The zero-order valence-electron chi connectivity index (χ0n) is 14.1. The third-order valence-corrected chi connectivity index (χ3v) is 4.57. The highest BCUT2D eigenvalue weighted by atomic mass is 32.1. The molecule has 0 radical (unpaired) electrons. The second-order valence-electron chi connectivity index (χ2n) is 5.27. The molecule has 6 nitrogen and oxygen atoms in total. The summed E-state index contributed by atoms with van der Waals surface area (Å²) in [7, 11) is 3.09. The van der Waals surface area contributed by atoms with Gasteiger partial charge in [0.15, 0.2) is 16.6 Å². The molecular formula is C18H16FN3O3S. The maximum atomic E-state index is 13.3. The summed E-state index contributed by atoms with van der Waals surface area (Å²) in [6.45, 7) is 0. The fraction of sp³-hybridized carbons (Fsp3) is 0.111. The van der Waals surface area contributed by atoms with Crippen LogP contribution in [0.25, 0.3) is 0 Å². The molecule has 0 aliphatic rings. The third kappa shape index (κ3) is 3.60. The maximum Gasteiger partial charge on any atom is 0.206 e. The highest BCUT2D eigenvalue weighted by molar-refractivity contribution is 7.18. The van der Waals surface area contributed by atoms with Crippen molar-refractivity contribution in [1.29, 1.82) is 0 Å². The number of rotatable bonds is 6. The zero-order valence-corrected chi connectivity index (χ0v) is 14.9. The van der Waals surface area contributed by atoms with Crippen LogP contribution in [0.15, 0.2) is 42.5 Å². The number of nitrogens with one attached hydrogen (secondary N) is 1. The average molecular weight is 373 g/mol. The van der Waals surface area contributed by atoms with Crippen molar-refractivity contribution < 1.29 is 18.7 Å². The molecule has 3 rings (SSSR count). The van der Waals surface area contributed by atoms with Gasteiger partial charge in [-0.15, -0.1) is 0 Å². The summed E-state index contributed by atoms with van der Waals surface area (Å²) < 4.78 is 23.8. The molecule has 1 heterocycles. The van der Waals surface area contributed by atoms with Crippen molar-refractivity contribution >= 4 is 33.8 Å². The normalized spacial score (nSPS) is 10.4. The fourth-order valence-corrected chi connectivity index (χ4v) is 3.21. The number of nitrogens with two attached hydrogens (primary N) is 1. The number of anilines is 3. The van der Waals surface area contributed by atoms with Crippen LogP contribution in [0.2, 0.25) is 0 Å². The van der Waals surface area contributed by atoms with Gasteiger partial charge in [-0.25, -0.2) is 9.37 Å². The maximum absolute atomic E-state index is 13.3. The van der Waals surface area contributed by atoms with Gasteiger partial charge in [-0.05, 0) is 24.3 Å². The summed E-state index contributed by atoms with van der Waals surface area (Å²) in [6, 6.07) is 10.7. The first-order valence-corrected chi connectivity index (χ1v) is 8.39. The van der Waals surface area contributed by atoms with Crippen molar-refractivity contribution in [1.82, 2.24) is 4.98 Å². The molecule has 3 aromatic rings. The molecule has 2 aromatic carbocycles. The Bertz CT molecular complexity index is 959. The molecule has 0 bridgehead atoms. The molecule has 0 aliphatic carbocycles. The molecule has 0 saturated heterocycles. The second kappa shape index (κ2) is 7.40. The van der Waals surface area contributed by atoms with Gasteiger partial charge in [-0.3, -0.25) is 4.79 Å². The van der Waals surface area contributed by atoms with Gasteiger partial charge in [0.2, 0.25) is 5.78 Å². The Balaban J connectivity index is 1.85. The minimum absolute atomic E-state index is 0.0900. The molecule has 26 heavy (non-hydrogen) atoms. The number of ether oxygens (including phenoxy) is 2. The van der Waals surface area contributed by atoms with Crippen LogP contribution in [0.1, 0.15) is 15.2 Å². The van der Waals surface area contributed by atoms with E-state index in [0.29, 0.717) is 22.3 Å². The van der Waals surface area contributed by atoms with Crippen LogP contribution >= 0.6 is 11.3 Å². The van der Waals surface area contributed by atoms with Crippen molar-refractivity contribution in [2.45, 2.75) is 0 Å².